The Kier molecular flexibility index (Phi) is 7.63. The number of nitrogens with one attached hydrogen (secondary N) is 1. The van der Waals surface area contributed by atoms with Gasteiger partial charge in [0.1, 0.15) is 5.75 Å². The molecule has 0 aliphatic heterocycles. The Morgan fingerprint density at radius 2 is 1.75 bits per heavy atom. The number of amides is 2. The van der Waals surface area contributed by atoms with Crippen molar-refractivity contribution >= 4 is 33.4 Å². The minimum Gasteiger partial charge on any atom is -0.496 e. The zero-order valence-corrected chi connectivity index (χ0v) is 18.6. The summed E-state index contributed by atoms with van der Waals surface area (Å²) in [7, 11) is 3.27. The molecule has 0 aromatic heterocycles. The highest BCUT2D eigenvalue weighted by atomic mass is 79.9. The maximum absolute atomic E-state index is 12.4. The van der Waals surface area contributed by atoms with Crippen LogP contribution in [0.2, 0.25) is 0 Å². The number of anilines is 1. The molecule has 0 heterocycles. The predicted molar refractivity (Wildman–Crippen MR) is 116 cm³/mol. The van der Waals surface area contributed by atoms with Crippen LogP contribution in [0.25, 0.3) is 0 Å². The summed E-state index contributed by atoms with van der Waals surface area (Å²) < 4.78 is 6.07. The number of rotatable bonds is 7. The van der Waals surface area contributed by atoms with Crippen molar-refractivity contribution in [3.63, 3.8) is 0 Å². The summed E-state index contributed by atoms with van der Waals surface area (Å²) in [6.45, 7) is 5.99. The lowest BCUT2D eigenvalue weighted by Crippen LogP contribution is -2.35. The zero-order valence-electron chi connectivity index (χ0n) is 17.1. The summed E-state index contributed by atoms with van der Waals surface area (Å²) >= 11 is 3.45. The summed E-state index contributed by atoms with van der Waals surface area (Å²) in [5, 5.41) is 2.93. The van der Waals surface area contributed by atoms with Crippen LogP contribution in [0.5, 0.6) is 5.75 Å². The normalized spacial score (nSPS) is 10.5. The van der Waals surface area contributed by atoms with Crippen molar-refractivity contribution in [2.45, 2.75) is 33.6 Å². The number of benzene rings is 2. The van der Waals surface area contributed by atoms with Crippen LogP contribution in [-0.4, -0.2) is 37.4 Å². The average Bonchev–Trinajstić information content (AvgIpc) is 2.62. The van der Waals surface area contributed by atoms with Gasteiger partial charge in [-0.25, -0.2) is 0 Å². The summed E-state index contributed by atoms with van der Waals surface area (Å²) in [5.74, 6) is 0.489. The van der Waals surface area contributed by atoms with Gasteiger partial charge in [-0.1, -0.05) is 23.8 Å². The molecule has 5 nitrogen and oxygen atoms in total. The Bertz CT molecular complexity index is 857. The van der Waals surface area contributed by atoms with Crippen molar-refractivity contribution in [1.82, 2.24) is 4.90 Å². The molecule has 2 rings (SSSR count). The predicted octanol–water partition coefficient (Wildman–Crippen LogP) is 4.41. The summed E-state index contributed by atoms with van der Waals surface area (Å²) in [4.78, 5) is 26.2. The number of ether oxygens (including phenoxy) is 1. The topological polar surface area (TPSA) is 58.6 Å². The van der Waals surface area contributed by atoms with E-state index >= 15 is 0 Å². The fraction of sp³-hybridized carbons (Fsp3) is 0.364. The fourth-order valence-electron chi connectivity index (χ4n) is 3.17. The Balaban J connectivity index is 1.89. The van der Waals surface area contributed by atoms with Crippen molar-refractivity contribution in [2.24, 2.45) is 0 Å². The minimum atomic E-state index is -0.196. The lowest BCUT2D eigenvalue weighted by Gasteiger charge is -2.18. The summed E-state index contributed by atoms with van der Waals surface area (Å²) in [6, 6.07) is 9.82. The second-order valence-corrected chi connectivity index (χ2v) is 7.89. The molecule has 6 heteroatoms. The SMILES string of the molecule is COc1ccc(CCC(=O)N(C)CC(=O)Nc2c(C)cc(C)cc2C)cc1Br. The lowest BCUT2D eigenvalue weighted by molar-refractivity contribution is -0.133. The molecule has 0 atom stereocenters. The third kappa shape index (κ3) is 5.83. The van der Waals surface area contributed by atoms with Gasteiger partial charge in [0.2, 0.25) is 11.8 Å². The molecule has 2 amide bonds. The van der Waals surface area contributed by atoms with Gasteiger partial charge < -0.3 is 15.0 Å². The van der Waals surface area contributed by atoms with Gasteiger partial charge in [-0.3, -0.25) is 9.59 Å². The van der Waals surface area contributed by atoms with Gasteiger partial charge in [-0.2, -0.15) is 0 Å². The van der Waals surface area contributed by atoms with E-state index in [0.717, 1.165) is 38.2 Å². The first-order valence-electron chi connectivity index (χ1n) is 9.15. The Morgan fingerprint density at radius 1 is 1.11 bits per heavy atom. The molecular formula is C22H27BrN2O3. The molecule has 0 aliphatic rings. The smallest absolute Gasteiger partial charge is 0.243 e. The minimum absolute atomic E-state index is 0.0257. The van der Waals surface area contributed by atoms with E-state index in [-0.39, 0.29) is 18.4 Å². The van der Waals surface area contributed by atoms with E-state index in [1.165, 1.54) is 4.90 Å². The van der Waals surface area contributed by atoms with E-state index in [0.29, 0.717) is 12.8 Å². The van der Waals surface area contributed by atoms with Crippen LogP contribution >= 0.6 is 15.9 Å². The molecule has 28 heavy (non-hydrogen) atoms. The average molecular weight is 447 g/mol. The van der Waals surface area contributed by atoms with E-state index in [1.54, 1.807) is 14.2 Å². The highest BCUT2D eigenvalue weighted by molar-refractivity contribution is 9.10. The highest BCUT2D eigenvalue weighted by Crippen LogP contribution is 2.26. The molecule has 0 radical (unpaired) electrons. The number of carbonyl (C=O) groups excluding carboxylic acids is 2. The van der Waals surface area contributed by atoms with Gasteiger partial charge in [-0.05, 0) is 71.9 Å². The second-order valence-electron chi connectivity index (χ2n) is 7.04. The number of hydrogen-bond acceptors (Lipinski definition) is 3. The van der Waals surface area contributed by atoms with Crippen molar-refractivity contribution < 1.29 is 14.3 Å². The highest BCUT2D eigenvalue weighted by Gasteiger charge is 2.15. The van der Waals surface area contributed by atoms with Gasteiger partial charge in [0, 0.05) is 19.2 Å². The molecule has 0 bridgehead atoms. The molecule has 0 fully saturated rings. The van der Waals surface area contributed by atoms with Crippen LogP contribution in [-0.2, 0) is 16.0 Å². The number of methoxy groups -OCH3 is 1. The molecule has 150 valence electrons. The number of halogens is 1. The Morgan fingerprint density at radius 3 is 2.32 bits per heavy atom. The van der Waals surface area contributed by atoms with Gasteiger partial charge in [-0.15, -0.1) is 0 Å². The fourth-order valence-corrected chi connectivity index (χ4v) is 3.76. The van der Waals surface area contributed by atoms with Crippen molar-refractivity contribution in [1.29, 1.82) is 0 Å². The van der Waals surface area contributed by atoms with Gasteiger partial charge in [0.05, 0.1) is 18.1 Å². The van der Waals surface area contributed by atoms with Crippen LogP contribution in [0.4, 0.5) is 5.69 Å². The molecular weight excluding hydrogens is 420 g/mol. The molecule has 0 spiro atoms. The third-order valence-electron chi connectivity index (χ3n) is 4.59. The van der Waals surface area contributed by atoms with E-state index in [9.17, 15) is 9.59 Å². The monoisotopic (exact) mass is 446 g/mol. The first kappa shape index (κ1) is 22.0. The number of hydrogen-bond donors (Lipinski definition) is 1. The second kappa shape index (κ2) is 9.73. The summed E-state index contributed by atoms with van der Waals surface area (Å²) in [6.07, 6.45) is 0.939. The quantitative estimate of drug-likeness (QED) is 0.684. The van der Waals surface area contributed by atoms with Crippen LogP contribution in [0.15, 0.2) is 34.8 Å². The molecule has 0 aliphatic carbocycles. The standard InChI is InChI=1S/C22H27BrN2O3/c1-14-10-15(2)22(16(3)11-14)24-20(26)13-25(4)21(27)9-7-17-6-8-19(28-5)18(23)12-17/h6,8,10-12H,7,9,13H2,1-5H3,(H,24,26). The van der Waals surface area contributed by atoms with E-state index in [4.69, 9.17) is 4.74 Å². The van der Waals surface area contributed by atoms with E-state index < -0.39 is 0 Å². The number of likely N-dealkylation sites (N-methyl/N-ethyl adjacent to an activating group) is 1. The van der Waals surface area contributed by atoms with Crippen LogP contribution in [0.3, 0.4) is 0 Å². The van der Waals surface area contributed by atoms with E-state index in [2.05, 4.69) is 21.2 Å². The van der Waals surface area contributed by atoms with Crippen molar-refractivity contribution in [3.8, 4) is 5.75 Å². The van der Waals surface area contributed by atoms with Gasteiger partial charge >= 0.3 is 0 Å². The molecule has 0 saturated heterocycles. The van der Waals surface area contributed by atoms with Crippen LogP contribution in [0.1, 0.15) is 28.7 Å². The number of carbonyl (C=O) groups is 2. The first-order valence-corrected chi connectivity index (χ1v) is 9.94. The van der Waals surface area contributed by atoms with Gasteiger partial charge in [0.15, 0.2) is 0 Å². The Hall–Kier alpha value is -2.34. The van der Waals surface area contributed by atoms with E-state index in [1.807, 2.05) is 51.1 Å². The maximum atomic E-state index is 12.4. The van der Waals surface area contributed by atoms with Crippen LogP contribution < -0.4 is 10.1 Å². The van der Waals surface area contributed by atoms with Crippen molar-refractivity contribution in [3.05, 3.63) is 57.1 Å². The van der Waals surface area contributed by atoms with Crippen molar-refractivity contribution in [2.75, 3.05) is 26.0 Å². The largest absolute Gasteiger partial charge is 0.496 e. The zero-order chi connectivity index (χ0) is 20.8. The molecule has 1 N–H and O–H groups in total. The maximum Gasteiger partial charge on any atom is 0.243 e. The van der Waals surface area contributed by atoms with Gasteiger partial charge in [0.25, 0.3) is 0 Å². The number of nitrogens with zero attached hydrogens (tertiary/aromatic N) is 1. The first-order chi connectivity index (χ1) is 13.2. The molecule has 0 saturated carbocycles. The number of aryl methyl sites for hydroxylation is 4. The Labute approximate surface area is 175 Å². The van der Waals surface area contributed by atoms with Crippen LogP contribution in [0, 0.1) is 20.8 Å². The lowest BCUT2D eigenvalue weighted by atomic mass is 10.1. The molecule has 2 aromatic rings. The third-order valence-corrected chi connectivity index (χ3v) is 5.21. The molecule has 0 unspecified atom stereocenters. The summed E-state index contributed by atoms with van der Waals surface area (Å²) in [5.41, 5.74) is 5.05. The molecule has 2 aromatic carbocycles.